The van der Waals surface area contributed by atoms with Crippen molar-refractivity contribution in [3.05, 3.63) is 0 Å². The van der Waals surface area contributed by atoms with Crippen LogP contribution in [0.5, 0.6) is 0 Å². The third kappa shape index (κ3) is 69.2. The molecule has 17 nitrogen and oxygen atoms in total. The van der Waals surface area contributed by atoms with Crippen LogP contribution in [-0.4, -0.2) is 96.7 Å². The SMILES string of the molecule is CCCCCCCCCCCCCCCCCCCCCC(=O)O[C@H](COC(=O)CCCCCCCCCCCCCCCCC)COP(=O)(O)OC[C@@H](O)COP(=O)(O)OC[C@@H](COC(=O)CCCCCCCCC(C)CC)OC(=O)CCCCCCCCCCCCCC. The number of hydrogen-bond donors (Lipinski definition) is 3. The molecule has 0 amide bonds. The number of esters is 4. The average Bonchev–Trinajstić information content (AvgIpc) is 2.34. The molecule has 0 spiro atoms. The standard InChI is InChI=1S/C77H150O17P2/c1-6-10-13-16-19-22-25-28-30-31-32-33-35-37-40-43-46-53-58-63-77(82)93-72(66-87-74(79)60-55-50-44-41-39-36-34-29-26-23-20-17-14-11-7-2)68-91-95(83,84)89-64-71(78)65-90-96(85,86)92-69-73(67-88-75(80)61-56-51-48-47-49-54-59-70(5)9-4)94-76(81)62-57-52-45-42-38-27-24-21-18-15-12-8-3/h70-73,78H,6-69H2,1-5H3,(H,83,84)(H,85,86)/t70?,71-,72-,73-/m1/s1. The van der Waals surface area contributed by atoms with E-state index in [4.69, 9.17) is 37.0 Å². The van der Waals surface area contributed by atoms with Crippen molar-refractivity contribution in [3.63, 3.8) is 0 Å². The molecule has 0 saturated heterocycles. The van der Waals surface area contributed by atoms with Gasteiger partial charge in [-0.2, -0.15) is 0 Å². The number of aliphatic hydroxyl groups excluding tert-OH is 1. The van der Waals surface area contributed by atoms with Gasteiger partial charge in [-0.3, -0.25) is 37.3 Å². The number of ether oxygens (including phenoxy) is 4. The highest BCUT2D eigenvalue weighted by Crippen LogP contribution is 2.45. The normalized spacial score (nSPS) is 14.2. The fraction of sp³-hybridized carbons (Fsp3) is 0.948. The number of rotatable bonds is 77. The molecule has 0 radical (unpaired) electrons. The van der Waals surface area contributed by atoms with Gasteiger partial charge < -0.3 is 33.8 Å². The van der Waals surface area contributed by atoms with E-state index < -0.39 is 97.5 Å². The van der Waals surface area contributed by atoms with Gasteiger partial charge in [0.1, 0.15) is 19.3 Å². The lowest BCUT2D eigenvalue weighted by molar-refractivity contribution is -0.161. The van der Waals surface area contributed by atoms with Crippen LogP contribution in [0.4, 0.5) is 0 Å². The average molecular weight is 1410 g/mol. The molecule has 0 aromatic carbocycles. The van der Waals surface area contributed by atoms with Crippen LogP contribution in [0, 0.1) is 5.92 Å². The van der Waals surface area contributed by atoms with Gasteiger partial charge in [-0.1, -0.05) is 356 Å². The number of unbranched alkanes of at least 4 members (excludes halogenated alkanes) is 48. The van der Waals surface area contributed by atoms with E-state index in [1.807, 2.05) is 0 Å². The van der Waals surface area contributed by atoms with Crippen molar-refractivity contribution >= 4 is 39.5 Å². The molecule has 0 aliphatic heterocycles. The Morgan fingerprint density at radius 3 is 0.740 bits per heavy atom. The van der Waals surface area contributed by atoms with Gasteiger partial charge in [-0.25, -0.2) is 9.13 Å². The predicted molar refractivity (Wildman–Crippen MR) is 391 cm³/mol. The van der Waals surface area contributed by atoms with Crippen LogP contribution in [0.3, 0.4) is 0 Å². The Labute approximate surface area is 588 Å². The summed E-state index contributed by atoms with van der Waals surface area (Å²) in [5.41, 5.74) is 0. The summed E-state index contributed by atoms with van der Waals surface area (Å²) in [5, 5.41) is 10.6. The second kappa shape index (κ2) is 70.1. The Morgan fingerprint density at radius 2 is 0.500 bits per heavy atom. The minimum absolute atomic E-state index is 0.107. The molecule has 570 valence electrons. The summed E-state index contributed by atoms with van der Waals surface area (Å²) in [6.07, 6.45) is 59.6. The molecular weight excluding hydrogens is 1260 g/mol. The van der Waals surface area contributed by atoms with Gasteiger partial charge in [0.25, 0.3) is 0 Å². The molecule has 6 atom stereocenters. The van der Waals surface area contributed by atoms with Crippen molar-refractivity contribution in [2.45, 2.75) is 425 Å². The van der Waals surface area contributed by atoms with E-state index in [1.165, 1.54) is 225 Å². The highest BCUT2D eigenvalue weighted by atomic mass is 31.2. The van der Waals surface area contributed by atoms with E-state index in [2.05, 4.69) is 34.6 Å². The van der Waals surface area contributed by atoms with Crippen molar-refractivity contribution in [1.29, 1.82) is 0 Å². The number of phosphoric ester groups is 2. The Balaban J connectivity index is 5.23. The first-order chi connectivity index (χ1) is 46.6. The zero-order valence-electron chi connectivity index (χ0n) is 62.5. The summed E-state index contributed by atoms with van der Waals surface area (Å²) in [4.78, 5) is 72.8. The van der Waals surface area contributed by atoms with Gasteiger partial charge in [-0.05, 0) is 31.6 Å². The van der Waals surface area contributed by atoms with Crippen molar-refractivity contribution in [1.82, 2.24) is 0 Å². The summed E-state index contributed by atoms with van der Waals surface area (Å²) in [7, 11) is -9.91. The smallest absolute Gasteiger partial charge is 0.462 e. The lowest BCUT2D eigenvalue weighted by Gasteiger charge is -2.21. The van der Waals surface area contributed by atoms with Crippen molar-refractivity contribution in [3.8, 4) is 0 Å². The van der Waals surface area contributed by atoms with E-state index in [9.17, 15) is 43.2 Å². The summed E-state index contributed by atoms with van der Waals surface area (Å²) >= 11 is 0. The van der Waals surface area contributed by atoms with E-state index in [-0.39, 0.29) is 25.7 Å². The molecule has 0 saturated carbocycles. The molecule has 3 unspecified atom stereocenters. The first-order valence-electron chi connectivity index (χ1n) is 40.2. The van der Waals surface area contributed by atoms with Gasteiger partial charge in [0.05, 0.1) is 26.4 Å². The zero-order chi connectivity index (χ0) is 70.5. The summed E-state index contributed by atoms with van der Waals surface area (Å²) in [6.45, 7) is 7.26. The third-order valence-corrected chi connectivity index (χ3v) is 20.3. The topological polar surface area (TPSA) is 237 Å². The Bertz CT molecular complexity index is 1840. The quantitative estimate of drug-likeness (QED) is 0.0222. The Kier molecular flexibility index (Phi) is 68.7. The van der Waals surface area contributed by atoms with Gasteiger partial charge >= 0.3 is 39.5 Å². The minimum atomic E-state index is -4.96. The van der Waals surface area contributed by atoms with E-state index in [0.717, 1.165) is 102 Å². The van der Waals surface area contributed by atoms with Crippen molar-refractivity contribution in [2.24, 2.45) is 5.92 Å². The zero-order valence-corrected chi connectivity index (χ0v) is 64.3. The summed E-state index contributed by atoms with van der Waals surface area (Å²) in [6, 6.07) is 0. The van der Waals surface area contributed by atoms with Crippen molar-refractivity contribution < 1.29 is 80.2 Å². The fourth-order valence-corrected chi connectivity index (χ4v) is 13.4. The molecule has 0 fully saturated rings. The Hall–Kier alpha value is -1.94. The monoisotopic (exact) mass is 1410 g/mol. The maximum atomic E-state index is 13.1. The number of carbonyl (C=O) groups excluding carboxylic acids is 4. The fourth-order valence-electron chi connectivity index (χ4n) is 11.8. The lowest BCUT2D eigenvalue weighted by Crippen LogP contribution is -2.30. The van der Waals surface area contributed by atoms with Gasteiger partial charge in [0, 0.05) is 25.7 Å². The summed E-state index contributed by atoms with van der Waals surface area (Å²) in [5.74, 6) is -1.38. The molecular formula is C77H150O17P2. The van der Waals surface area contributed by atoms with Crippen LogP contribution in [0.25, 0.3) is 0 Å². The predicted octanol–water partition coefficient (Wildman–Crippen LogP) is 22.9. The lowest BCUT2D eigenvalue weighted by atomic mass is 10.00. The maximum Gasteiger partial charge on any atom is 0.472 e. The number of aliphatic hydroxyl groups is 1. The number of phosphoric acid groups is 2. The number of hydrogen-bond acceptors (Lipinski definition) is 15. The maximum absolute atomic E-state index is 13.1. The molecule has 0 aromatic heterocycles. The third-order valence-electron chi connectivity index (χ3n) is 18.4. The van der Waals surface area contributed by atoms with Crippen molar-refractivity contribution in [2.75, 3.05) is 39.6 Å². The van der Waals surface area contributed by atoms with Crippen LogP contribution in [0.15, 0.2) is 0 Å². The van der Waals surface area contributed by atoms with Gasteiger partial charge in [0.2, 0.25) is 0 Å². The highest BCUT2D eigenvalue weighted by Gasteiger charge is 2.30. The number of carbonyl (C=O) groups is 4. The largest absolute Gasteiger partial charge is 0.472 e. The second-order valence-corrected chi connectivity index (χ2v) is 30.9. The highest BCUT2D eigenvalue weighted by molar-refractivity contribution is 7.47. The molecule has 0 rings (SSSR count). The molecule has 3 N–H and O–H groups in total. The molecule has 0 aromatic rings. The van der Waals surface area contributed by atoms with Crippen LogP contribution in [0.2, 0.25) is 0 Å². The Morgan fingerprint density at radius 1 is 0.292 bits per heavy atom. The van der Waals surface area contributed by atoms with E-state index in [1.54, 1.807) is 0 Å². The van der Waals surface area contributed by atoms with E-state index in [0.29, 0.717) is 25.7 Å². The van der Waals surface area contributed by atoms with Gasteiger partial charge in [-0.15, -0.1) is 0 Å². The molecule has 96 heavy (non-hydrogen) atoms. The first kappa shape index (κ1) is 94.1. The van der Waals surface area contributed by atoms with Crippen LogP contribution >= 0.6 is 15.6 Å². The minimum Gasteiger partial charge on any atom is -0.462 e. The molecule has 19 heteroatoms. The first-order valence-corrected chi connectivity index (χ1v) is 43.2. The second-order valence-electron chi connectivity index (χ2n) is 28.0. The molecule has 0 aliphatic rings. The molecule has 0 bridgehead atoms. The van der Waals surface area contributed by atoms with Crippen LogP contribution < -0.4 is 0 Å². The molecule has 0 heterocycles. The van der Waals surface area contributed by atoms with Gasteiger partial charge in [0.15, 0.2) is 12.2 Å². The molecule has 0 aliphatic carbocycles. The van der Waals surface area contributed by atoms with E-state index >= 15 is 0 Å². The van der Waals surface area contributed by atoms with Crippen LogP contribution in [0.1, 0.15) is 407 Å². The summed E-state index contributed by atoms with van der Waals surface area (Å²) < 4.78 is 68.6. The van der Waals surface area contributed by atoms with Crippen LogP contribution in [-0.2, 0) is 65.4 Å².